The molecule has 2 atom stereocenters. The van der Waals surface area contributed by atoms with Crippen LogP contribution in [0.25, 0.3) is 66.8 Å². The lowest BCUT2D eigenvalue weighted by atomic mass is 10.1. The Kier molecular flexibility index (Phi) is 16.2. The van der Waals surface area contributed by atoms with E-state index in [1.54, 1.807) is 9.21 Å². The minimum atomic E-state index is -4.37. The van der Waals surface area contributed by atoms with Crippen LogP contribution >= 0.6 is 24.6 Å². The van der Waals surface area contributed by atoms with Crippen LogP contribution < -0.4 is 27.8 Å². The van der Waals surface area contributed by atoms with Crippen molar-refractivity contribution in [2.75, 3.05) is 0 Å². The second-order valence-electron chi connectivity index (χ2n) is 19.3. The molecule has 1 aliphatic rings. The van der Waals surface area contributed by atoms with Crippen LogP contribution in [-0.4, -0.2) is 9.21 Å². The molecule has 0 saturated heterocycles. The Morgan fingerprint density at radius 2 is 0.500 bits per heavy atom. The van der Waals surface area contributed by atoms with Crippen LogP contribution in [0.1, 0.15) is 0 Å². The lowest BCUT2D eigenvalue weighted by Crippen LogP contribution is -2.37. The Hall–Kier alpha value is -9.55. The molecule has 13 rings (SSSR count). The van der Waals surface area contributed by atoms with Crippen LogP contribution in [0.3, 0.4) is 0 Å². The van der Waals surface area contributed by atoms with E-state index < -0.39 is 24.6 Å². The molecule has 0 aliphatic carbocycles. The van der Waals surface area contributed by atoms with Gasteiger partial charge in [-0.3, -0.25) is 0 Å². The van der Waals surface area contributed by atoms with Gasteiger partial charge in [0.25, 0.3) is 0 Å². The van der Waals surface area contributed by atoms with Gasteiger partial charge in [0.1, 0.15) is 23.0 Å². The third-order valence-corrected chi connectivity index (χ3v) is 20.6. The van der Waals surface area contributed by atoms with E-state index in [-0.39, 0.29) is 0 Å². The molecule has 0 N–H and O–H groups in total. The van der Waals surface area contributed by atoms with Gasteiger partial charge in [0.2, 0.25) is 0 Å². The molecule has 0 saturated carbocycles. The Bertz CT molecular complexity index is 4120. The van der Waals surface area contributed by atoms with Gasteiger partial charge in [-0.15, -0.1) is 4.52 Å². The Morgan fingerprint density at radius 3 is 0.845 bits per heavy atom. The summed E-state index contributed by atoms with van der Waals surface area (Å²) in [6, 6.07) is 109. The van der Waals surface area contributed by atoms with Gasteiger partial charge in [0.05, 0.1) is 0 Å². The van der Waals surface area contributed by atoms with E-state index in [0.717, 1.165) is 66.8 Å². The number of hydrogen-bond donors (Lipinski definition) is 0. The molecule has 0 amide bonds. The number of hydrogen-bond acceptors (Lipinski definition) is 9. The topological polar surface area (TPSA) is 74.2 Å². The molecule has 1 aliphatic heterocycles. The maximum atomic E-state index is 7.92. The third-order valence-electron chi connectivity index (χ3n) is 13.8. The maximum Gasteiger partial charge on any atom is 0.447 e. The summed E-state index contributed by atoms with van der Waals surface area (Å²) >= 11 is 0. The molecule has 84 heavy (non-hydrogen) atoms. The van der Waals surface area contributed by atoms with Crippen molar-refractivity contribution < 1.29 is 27.8 Å². The maximum absolute atomic E-state index is 7.92. The summed E-state index contributed by atoms with van der Waals surface area (Å²) < 4.78 is 40.7. The van der Waals surface area contributed by atoms with Gasteiger partial charge in [0, 0.05) is 42.6 Å². The average molecular weight is 1150 g/mol. The van der Waals surface area contributed by atoms with E-state index in [2.05, 4.69) is 78.9 Å². The van der Waals surface area contributed by atoms with E-state index >= 15 is 0 Å². The molecule has 0 aromatic heterocycles. The van der Waals surface area contributed by atoms with Crippen LogP contribution in [0.2, 0.25) is 0 Å². The van der Waals surface area contributed by atoms with E-state index in [0.29, 0.717) is 34.5 Å². The SMILES string of the molecule is c1ccc(-c2ccccc2ON2P(Oc3ccccc3-c3ccccc3)N=P(Oc3ccccc3-c3ccccc3)(Oc3ccccc3-c3ccccc3)N(Oc3ccccc3-c3ccccc3)P2Oc2ccccc2-c2ccccc2)cc1. The Morgan fingerprint density at radius 1 is 0.250 bits per heavy atom. The summed E-state index contributed by atoms with van der Waals surface area (Å²) in [5.41, 5.74) is 10.5. The van der Waals surface area contributed by atoms with Crippen LogP contribution in [0.5, 0.6) is 34.5 Å². The smallest absolute Gasteiger partial charge is 0.440 e. The summed E-state index contributed by atoms with van der Waals surface area (Å²) in [7, 11) is -9.40. The number of rotatable bonds is 18. The third kappa shape index (κ3) is 11.7. The highest BCUT2D eigenvalue weighted by molar-refractivity contribution is 7.78. The van der Waals surface area contributed by atoms with Crippen molar-refractivity contribution in [2.24, 2.45) is 4.52 Å². The first kappa shape index (κ1) is 53.7. The lowest BCUT2D eigenvalue weighted by Gasteiger charge is -2.44. The van der Waals surface area contributed by atoms with Gasteiger partial charge < -0.3 is 27.8 Å². The lowest BCUT2D eigenvalue weighted by molar-refractivity contribution is 0.0554. The molecule has 0 radical (unpaired) electrons. The fourth-order valence-corrected chi connectivity index (χ4v) is 17.4. The minimum absolute atomic E-state index is 0.474. The van der Waals surface area contributed by atoms with Crippen molar-refractivity contribution in [1.29, 1.82) is 0 Å². The molecule has 0 fully saturated rings. The largest absolute Gasteiger partial charge is 0.447 e. The quantitative estimate of drug-likeness (QED) is 0.0787. The van der Waals surface area contributed by atoms with Crippen molar-refractivity contribution in [1.82, 2.24) is 9.21 Å². The zero-order chi connectivity index (χ0) is 56.3. The van der Waals surface area contributed by atoms with Crippen molar-refractivity contribution in [3.05, 3.63) is 328 Å². The predicted molar refractivity (Wildman–Crippen MR) is 342 cm³/mol. The first-order chi connectivity index (χ1) is 41.6. The highest BCUT2D eigenvalue weighted by Gasteiger charge is 2.59. The molecular weight excluding hydrogens is 1100 g/mol. The molecule has 408 valence electrons. The van der Waals surface area contributed by atoms with Gasteiger partial charge >= 0.3 is 24.6 Å². The second kappa shape index (κ2) is 25.3. The zero-order valence-corrected chi connectivity index (χ0v) is 48.0. The van der Waals surface area contributed by atoms with E-state index in [4.69, 9.17) is 32.3 Å². The highest BCUT2D eigenvalue weighted by Crippen LogP contribution is 2.79. The summed E-state index contributed by atoms with van der Waals surface area (Å²) in [4.78, 5) is 15.4. The highest BCUT2D eigenvalue weighted by atomic mass is 31.3. The normalized spacial score (nSPS) is 14.8. The second-order valence-corrected chi connectivity index (χ2v) is 24.8. The van der Waals surface area contributed by atoms with Gasteiger partial charge in [0.15, 0.2) is 11.5 Å². The molecule has 12 heteroatoms. The standard InChI is InChI=1S/C72H54N3O6P3/c1-7-31-55(32-8-1)61-43-19-25-49-67(61)76-74-82(78-69-51-27-21-45-63(69)57-35-11-3-12-36-57)73-84(80-71-53-29-23-47-65(71)59-39-15-5-16-40-59,81-72-54-30-24-48-66(72)60-41-17-6-18-42-60)75(77-68-50-26-20-44-62(68)56-33-9-2-10-34-56)83(74)79-70-52-28-22-46-64(70)58-37-13-4-14-38-58/h1-54H. The Labute approximate surface area is 492 Å². The number of nitrogens with zero attached hydrogens (tertiary/aromatic N) is 3. The summed E-state index contributed by atoms with van der Waals surface area (Å²) in [5, 5.41) is 0. The first-order valence-electron chi connectivity index (χ1n) is 27.4. The van der Waals surface area contributed by atoms with Crippen molar-refractivity contribution in [2.45, 2.75) is 0 Å². The summed E-state index contributed by atoms with van der Waals surface area (Å²) in [5.74, 6) is 3.01. The fraction of sp³-hybridized carbons (Fsp3) is 0. The van der Waals surface area contributed by atoms with Gasteiger partial charge in [-0.05, 0) is 69.8 Å². The van der Waals surface area contributed by atoms with Crippen LogP contribution in [0, 0.1) is 0 Å². The van der Waals surface area contributed by atoms with Crippen LogP contribution in [0.4, 0.5) is 0 Å². The number of benzene rings is 12. The van der Waals surface area contributed by atoms with E-state index in [1.165, 1.54) is 0 Å². The van der Waals surface area contributed by atoms with Crippen molar-refractivity contribution >= 4 is 24.6 Å². The first-order valence-corrected chi connectivity index (χ1v) is 31.3. The fourth-order valence-electron chi connectivity index (χ4n) is 9.82. The average Bonchev–Trinajstić information content (AvgIpc) is 2.25. The zero-order valence-electron chi connectivity index (χ0n) is 45.3. The van der Waals surface area contributed by atoms with Crippen LogP contribution in [0.15, 0.2) is 332 Å². The van der Waals surface area contributed by atoms with Gasteiger partial charge in [-0.25, -0.2) is 0 Å². The summed E-state index contributed by atoms with van der Waals surface area (Å²) in [6.45, 7) is 0. The molecule has 9 nitrogen and oxygen atoms in total. The molecule has 12 aromatic rings. The van der Waals surface area contributed by atoms with Crippen molar-refractivity contribution in [3.63, 3.8) is 0 Å². The molecule has 12 aromatic carbocycles. The molecule has 0 spiro atoms. The van der Waals surface area contributed by atoms with Crippen LogP contribution in [-0.2, 0) is 0 Å². The van der Waals surface area contributed by atoms with E-state index in [9.17, 15) is 0 Å². The Balaban J connectivity index is 1.14. The van der Waals surface area contributed by atoms with Gasteiger partial charge in [-0.1, -0.05) is 291 Å². The molecular formula is C72H54N3O6P3. The minimum Gasteiger partial charge on any atom is -0.440 e. The summed E-state index contributed by atoms with van der Waals surface area (Å²) in [6.07, 6.45) is 0. The molecule has 2 unspecified atom stereocenters. The van der Waals surface area contributed by atoms with Crippen molar-refractivity contribution in [3.8, 4) is 101 Å². The monoisotopic (exact) mass is 1150 g/mol. The van der Waals surface area contributed by atoms with Gasteiger partial charge in [-0.2, -0.15) is 0 Å². The van der Waals surface area contributed by atoms with E-state index in [1.807, 2.05) is 249 Å². The number of para-hydroxylation sites is 6. The molecule has 1 heterocycles. The predicted octanol–water partition coefficient (Wildman–Crippen LogP) is 21.3. The molecule has 0 bridgehead atoms.